The number of ether oxygens (including phenoxy) is 2. The molecule has 1 N–H and O–H groups in total. The van der Waals surface area contributed by atoms with E-state index in [1.807, 2.05) is 38.1 Å². The number of anilines is 1. The van der Waals surface area contributed by atoms with Gasteiger partial charge in [-0.1, -0.05) is 39.0 Å². The molecular weight excluding hydrogens is 490 g/mol. The van der Waals surface area contributed by atoms with E-state index in [-0.39, 0.29) is 16.4 Å². The second-order valence-electron chi connectivity index (χ2n) is 9.98. The van der Waals surface area contributed by atoms with Crippen molar-refractivity contribution < 1.29 is 27.8 Å². The van der Waals surface area contributed by atoms with Crippen LogP contribution in [-0.4, -0.2) is 45.9 Å². The molecule has 0 radical (unpaired) electrons. The van der Waals surface area contributed by atoms with Crippen molar-refractivity contribution in [1.29, 1.82) is 0 Å². The number of carboxylic acids is 1. The molecule has 1 saturated heterocycles. The molecule has 0 aromatic heterocycles. The molecule has 8 heteroatoms. The van der Waals surface area contributed by atoms with Crippen LogP contribution in [0, 0.1) is 11.8 Å². The Bertz CT molecular complexity index is 1340. The maximum absolute atomic E-state index is 13.8. The fourth-order valence-electron chi connectivity index (χ4n) is 4.52. The van der Waals surface area contributed by atoms with Gasteiger partial charge in [0.1, 0.15) is 11.3 Å². The maximum atomic E-state index is 13.8. The molecule has 0 aliphatic carbocycles. The highest BCUT2D eigenvalue weighted by atomic mass is 32.2. The van der Waals surface area contributed by atoms with Gasteiger partial charge in [0, 0.05) is 19.8 Å². The van der Waals surface area contributed by atoms with Crippen LogP contribution in [0.1, 0.15) is 49.5 Å². The zero-order valence-electron chi connectivity index (χ0n) is 21.6. The predicted octanol–water partition coefficient (Wildman–Crippen LogP) is 5.76. The number of carboxylic acid groups (broad SMARTS) is 1. The lowest BCUT2D eigenvalue weighted by atomic mass is 10.0. The van der Waals surface area contributed by atoms with E-state index in [9.17, 15) is 18.3 Å². The van der Waals surface area contributed by atoms with Gasteiger partial charge in [0.15, 0.2) is 0 Å². The molecule has 7 nitrogen and oxygen atoms in total. The number of nitrogens with zero attached hydrogens (tertiary/aromatic N) is 1. The standard InChI is InChI=1S/C29H35NO6S/c1-4-21-5-8-25(9-6-21)30(18-20(2)3)37(33,34)26-10-7-23-17-28(27(29(31)32)16-24(23)15-26)36-19-22-11-13-35-14-12-22/h5-10,15-17,20,22H,4,11-14,18-19H2,1-3H3,(H,31,32). The zero-order chi connectivity index (χ0) is 26.6. The maximum Gasteiger partial charge on any atom is 0.339 e. The highest BCUT2D eigenvalue weighted by Crippen LogP contribution is 2.32. The number of aryl methyl sites for hydroxylation is 1. The highest BCUT2D eigenvalue weighted by molar-refractivity contribution is 7.92. The molecule has 0 saturated carbocycles. The molecule has 1 aliphatic rings. The van der Waals surface area contributed by atoms with Gasteiger partial charge in [-0.15, -0.1) is 0 Å². The van der Waals surface area contributed by atoms with Gasteiger partial charge >= 0.3 is 5.97 Å². The molecule has 1 fully saturated rings. The number of hydrogen-bond acceptors (Lipinski definition) is 5. The van der Waals surface area contributed by atoms with Gasteiger partial charge in [-0.3, -0.25) is 4.31 Å². The van der Waals surface area contributed by atoms with Crippen molar-refractivity contribution in [2.75, 3.05) is 30.7 Å². The fourth-order valence-corrected chi connectivity index (χ4v) is 6.19. The lowest BCUT2D eigenvalue weighted by Gasteiger charge is -2.26. The summed E-state index contributed by atoms with van der Waals surface area (Å²) >= 11 is 0. The third-order valence-corrected chi connectivity index (χ3v) is 8.50. The van der Waals surface area contributed by atoms with Gasteiger partial charge in [0.2, 0.25) is 0 Å². The third kappa shape index (κ3) is 6.25. The number of aromatic carboxylic acids is 1. The number of rotatable bonds is 10. The number of carbonyl (C=O) groups is 1. The molecule has 0 amide bonds. The molecule has 0 bridgehead atoms. The summed E-state index contributed by atoms with van der Waals surface area (Å²) in [5.41, 5.74) is 1.75. The van der Waals surface area contributed by atoms with Crippen molar-refractivity contribution in [1.82, 2.24) is 0 Å². The first-order chi connectivity index (χ1) is 17.7. The summed E-state index contributed by atoms with van der Waals surface area (Å²) in [6.45, 7) is 8.12. The van der Waals surface area contributed by atoms with E-state index in [0.717, 1.165) is 24.8 Å². The van der Waals surface area contributed by atoms with Gasteiger partial charge in [-0.05, 0) is 83.8 Å². The largest absolute Gasteiger partial charge is 0.492 e. The van der Waals surface area contributed by atoms with Gasteiger partial charge < -0.3 is 14.6 Å². The van der Waals surface area contributed by atoms with E-state index in [2.05, 4.69) is 6.92 Å². The van der Waals surface area contributed by atoms with Crippen molar-refractivity contribution >= 4 is 32.5 Å². The van der Waals surface area contributed by atoms with Crippen LogP contribution >= 0.6 is 0 Å². The van der Waals surface area contributed by atoms with Gasteiger partial charge in [-0.25, -0.2) is 13.2 Å². The van der Waals surface area contributed by atoms with Crippen molar-refractivity contribution in [3.05, 3.63) is 65.7 Å². The molecule has 1 heterocycles. The quantitative estimate of drug-likeness (QED) is 0.362. The van der Waals surface area contributed by atoms with Crippen LogP contribution in [0.3, 0.4) is 0 Å². The SMILES string of the molecule is CCc1ccc(N(CC(C)C)S(=O)(=O)c2ccc3cc(OCC4CCOCC4)c(C(=O)O)cc3c2)cc1. The normalized spacial score (nSPS) is 14.7. The van der Waals surface area contributed by atoms with Crippen LogP contribution in [0.4, 0.5) is 5.69 Å². The lowest BCUT2D eigenvalue weighted by Crippen LogP contribution is -2.34. The third-order valence-electron chi connectivity index (χ3n) is 6.71. The predicted molar refractivity (Wildman–Crippen MR) is 145 cm³/mol. The Balaban J connectivity index is 1.68. The number of sulfonamides is 1. The minimum absolute atomic E-state index is 0.0169. The minimum atomic E-state index is -3.89. The monoisotopic (exact) mass is 525 g/mol. The lowest BCUT2D eigenvalue weighted by molar-refractivity contribution is 0.0490. The van der Waals surface area contributed by atoms with E-state index < -0.39 is 16.0 Å². The molecule has 4 rings (SSSR count). The summed E-state index contributed by atoms with van der Waals surface area (Å²) in [7, 11) is -3.89. The second-order valence-corrected chi connectivity index (χ2v) is 11.8. The highest BCUT2D eigenvalue weighted by Gasteiger charge is 2.26. The summed E-state index contributed by atoms with van der Waals surface area (Å²) in [5.74, 6) is -0.402. The first kappa shape index (κ1) is 26.9. The summed E-state index contributed by atoms with van der Waals surface area (Å²) in [5, 5.41) is 11.1. The van der Waals surface area contributed by atoms with E-state index in [4.69, 9.17) is 9.47 Å². The average Bonchev–Trinajstić information content (AvgIpc) is 2.90. The van der Waals surface area contributed by atoms with Crippen LogP contribution in [0.5, 0.6) is 5.75 Å². The first-order valence-corrected chi connectivity index (χ1v) is 14.3. The fraction of sp³-hybridized carbons (Fsp3) is 0.414. The molecule has 3 aromatic carbocycles. The molecular formula is C29H35NO6S. The van der Waals surface area contributed by atoms with Crippen molar-refractivity contribution in [3.8, 4) is 5.75 Å². The van der Waals surface area contributed by atoms with Gasteiger partial charge in [0.05, 0.1) is 17.2 Å². The molecule has 198 valence electrons. The zero-order valence-corrected chi connectivity index (χ0v) is 22.5. The summed E-state index contributed by atoms with van der Waals surface area (Å²) in [6.07, 6.45) is 2.63. The molecule has 1 aliphatic heterocycles. The Morgan fingerprint density at radius 2 is 1.76 bits per heavy atom. The Morgan fingerprint density at radius 3 is 2.38 bits per heavy atom. The molecule has 37 heavy (non-hydrogen) atoms. The van der Waals surface area contributed by atoms with Gasteiger partial charge in [0.25, 0.3) is 10.0 Å². The Hall–Kier alpha value is -3.10. The Kier molecular flexibility index (Phi) is 8.39. The summed E-state index contributed by atoms with van der Waals surface area (Å²) < 4.78 is 40.4. The molecule has 3 aromatic rings. The molecule has 0 atom stereocenters. The Morgan fingerprint density at radius 1 is 1.05 bits per heavy atom. The van der Waals surface area contributed by atoms with Crippen molar-refractivity contribution in [3.63, 3.8) is 0 Å². The first-order valence-electron chi connectivity index (χ1n) is 12.8. The Labute approximate surface area is 219 Å². The van der Waals surface area contributed by atoms with Crippen molar-refractivity contribution in [2.45, 2.75) is 44.9 Å². The number of fused-ring (bicyclic) bond motifs is 1. The average molecular weight is 526 g/mol. The van der Waals surface area contributed by atoms with Crippen LogP contribution < -0.4 is 9.04 Å². The molecule has 0 unspecified atom stereocenters. The van der Waals surface area contributed by atoms with Crippen LogP contribution in [0.25, 0.3) is 10.8 Å². The van der Waals surface area contributed by atoms with E-state index in [1.165, 1.54) is 10.4 Å². The van der Waals surface area contributed by atoms with Crippen LogP contribution in [-0.2, 0) is 21.2 Å². The van der Waals surface area contributed by atoms with Crippen LogP contribution in [0.15, 0.2) is 59.5 Å². The second kappa shape index (κ2) is 11.5. The van der Waals surface area contributed by atoms with E-state index in [1.54, 1.807) is 24.3 Å². The van der Waals surface area contributed by atoms with Crippen LogP contribution in [0.2, 0.25) is 0 Å². The van der Waals surface area contributed by atoms with E-state index in [0.29, 0.717) is 54.5 Å². The summed E-state index contributed by atoms with van der Waals surface area (Å²) in [6, 6.07) is 15.6. The molecule has 0 spiro atoms. The number of hydrogen-bond donors (Lipinski definition) is 1. The summed E-state index contributed by atoms with van der Waals surface area (Å²) in [4.78, 5) is 12.2. The number of benzene rings is 3. The van der Waals surface area contributed by atoms with Gasteiger partial charge in [-0.2, -0.15) is 0 Å². The topological polar surface area (TPSA) is 93.1 Å². The smallest absolute Gasteiger partial charge is 0.339 e. The minimum Gasteiger partial charge on any atom is -0.492 e. The van der Waals surface area contributed by atoms with E-state index >= 15 is 0 Å². The van der Waals surface area contributed by atoms with Crippen molar-refractivity contribution in [2.24, 2.45) is 11.8 Å².